The maximum atomic E-state index is 4.91. The Bertz CT molecular complexity index is 977. The number of para-hydroxylation sites is 2. The summed E-state index contributed by atoms with van der Waals surface area (Å²) in [7, 11) is 0. The number of benzene rings is 3. The van der Waals surface area contributed by atoms with Crippen molar-refractivity contribution in [2.75, 3.05) is 5.32 Å². The third-order valence-corrected chi connectivity index (χ3v) is 4.23. The molecule has 0 radical (unpaired) electrons. The zero-order chi connectivity index (χ0) is 16.4. The molecule has 0 spiro atoms. The van der Waals surface area contributed by atoms with Crippen molar-refractivity contribution in [1.29, 1.82) is 0 Å². The minimum atomic E-state index is 1.00. The van der Waals surface area contributed by atoms with Crippen LogP contribution in [-0.2, 0) is 0 Å². The third-order valence-electron chi connectivity index (χ3n) is 4.23. The molecular weight excluding hydrogens is 292 g/mol. The van der Waals surface area contributed by atoms with Crippen LogP contribution in [0.4, 0.5) is 11.4 Å². The van der Waals surface area contributed by atoms with Gasteiger partial charge in [-0.05, 0) is 30.7 Å². The van der Waals surface area contributed by atoms with Crippen molar-refractivity contribution >= 4 is 22.3 Å². The summed E-state index contributed by atoms with van der Waals surface area (Å²) in [6, 6.07) is 28.9. The van der Waals surface area contributed by atoms with Gasteiger partial charge in [-0.2, -0.15) is 0 Å². The molecule has 116 valence electrons. The Morgan fingerprint density at radius 1 is 0.708 bits per heavy atom. The van der Waals surface area contributed by atoms with Gasteiger partial charge < -0.3 is 5.32 Å². The lowest BCUT2D eigenvalue weighted by Gasteiger charge is -2.16. The summed E-state index contributed by atoms with van der Waals surface area (Å²) in [5.41, 5.74) is 6.51. The first kappa shape index (κ1) is 14.5. The van der Waals surface area contributed by atoms with Crippen LogP contribution in [0.3, 0.4) is 0 Å². The Hall–Kier alpha value is -3.13. The molecule has 2 nitrogen and oxygen atoms in total. The molecule has 3 aromatic carbocycles. The maximum Gasteiger partial charge on any atom is 0.0759 e. The van der Waals surface area contributed by atoms with E-state index in [2.05, 4.69) is 66.8 Å². The van der Waals surface area contributed by atoms with Crippen LogP contribution >= 0.6 is 0 Å². The van der Waals surface area contributed by atoms with E-state index in [0.29, 0.717) is 0 Å². The van der Waals surface area contributed by atoms with Crippen LogP contribution in [0.2, 0.25) is 0 Å². The van der Waals surface area contributed by atoms with Crippen LogP contribution in [0.25, 0.3) is 22.2 Å². The molecule has 0 amide bonds. The second-order valence-electron chi connectivity index (χ2n) is 5.83. The molecule has 0 aliphatic carbocycles. The molecule has 0 atom stereocenters. The van der Waals surface area contributed by atoms with Crippen molar-refractivity contribution in [2.24, 2.45) is 0 Å². The quantitative estimate of drug-likeness (QED) is 0.505. The average molecular weight is 310 g/mol. The van der Waals surface area contributed by atoms with Gasteiger partial charge in [-0.25, -0.2) is 4.98 Å². The standard InChI is InChI=1S/C22H18N2/c1-16-21(17-10-4-2-5-11-17)24-20-15-9-8-14-19(20)22(16)23-18-12-6-3-7-13-18/h2-15H,1H3,(H,23,24). The molecule has 1 aromatic heterocycles. The average Bonchev–Trinajstić information content (AvgIpc) is 2.65. The predicted octanol–water partition coefficient (Wildman–Crippen LogP) is 5.95. The highest BCUT2D eigenvalue weighted by molar-refractivity contribution is 5.97. The van der Waals surface area contributed by atoms with Crippen molar-refractivity contribution in [2.45, 2.75) is 6.92 Å². The van der Waals surface area contributed by atoms with E-state index in [9.17, 15) is 0 Å². The highest BCUT2D eigenvalue weighted by Crippen LogP contribution is 2.34. The zero-order valence-corrected chi connectivity index (χ0v) is 13.5. The van der Waals surface area contributed by atoms with Gasteiger partial charge in [-0.15, -0.1) is 0 Å². The summed E-state index contributed by atoms with van der Waals surface area (Å²) in [4.78, 5) is 4.91. The minimum Gasteiger partial charge on any atom is -0.355 e. The van der Waals surface area contributed by atoms with E-state index >= 15 is 0 Å². The molecule has 1 heterocycles. The van der Waals surface area contributed by atoms with E-state index in [0.717, 1.165) is 39.1 Å². The second-order valence-corrected chi connectivity index (χ2v) is 5.83. The number of rotatable bonds is 3. The van der Waals surface area contributed by atoms with Gasteiger partial charge in [-0.1, -0.05) is 66.7 Å². The zero-order valence-electron chi connectivity index (χ0n) is 13.5. The van der Waals surface area contributed by atoms with Gasteiger partial charge >= 0.3 is 0 Å². The van der Waals surface area contributed by atoms with Crippen LogP contribution in [-0.4, -0.2) is 4.98 Å². The summed E-state index contributed by atoms with van der Waals surface area (Å²) in [6.45, 7) is 2.13. The van der Waals surface area contributed by atoms with Crippen LogP contribution in [0.5, 0.6) is 0 Å². The van der Waals surface area contributed by atoms with Gasteiger partial charge in [0.15, 0.2) is 0 Å². The molecular formula is C22H18N2. The molecule has 0 bridgehead atoms. The van der Waals surface area contributed by atoms with E-state index in [-0.39, 0.29) is 0 Å². The first-order valence-electron chi connectivity index (χ1n) is 8.10. The fourth-order valence-electron chi connectivity index (χ4n) is 3.01. The Morgan fingerprint density at radius 2 is 1.33 bits per heavy atom. The van der Waals surface area contributed by atoms with Crippen molar-refractivity contribution in [3.8, 4) is 11.3 Å². The number of nitrogens with zero attached hydrogens (tertiary/aromatic N) is 1. The number of hydrogen-bond acceptors (Lipinski definition) is 2. The largest absolute Gasteiger partial charge is 0.355 e. The molecule has 24 heavy (non-hydrogen) atoms. The first-order valence-corrected chi connectivity index (χ1v) is 8.10. The van der Waals surface area contributed by atoms with Gasteiger partial charge in [-0.3, -0.25) is 0 Å². The summed E-state index contributed by atoms with van der Waals surface area (Å²) >= 11 is 0. The molecule has 0 aliphatic rings. The van der Waals surface area contributed by atoms with Gasteiger partial charge in [0.2, 0.25) is 0 Å². The molecule has 1 N–H and O–H groups in total. The Kier molecular flexibility index (Phi) is 3.72. The molecule has 4 aromatic rings. The van der Waals surface area contributed by atoms with E-state index in [1.807, 2.05) is 30.3 Å². The normalized spacial score (nSPS) is 10.7. The van der Waals surface area contributed by atoms with Crippen molar-refractivity contribution < 1.29 is 0 Å². The lowest BCUT2D eigenvalue weighted by atomic mass is 10.0. The lowest BCUT2D eigenvalue weighted by Crippen LogP contribution is -1.99. The number of nitrogens with one attached hydrogen (secondary N) is 1. The summed E-state index contributed by atoms with van der Waals surface area (Å²) in [6.07, 6.45) is 0. The molecule has 0 saturated heterocycles. The molecule has 0 saturated carbocycles. The Labute approximate surface area is 141 Å². The van der Waals surface area contributed by atoms with Crippen LogP contribution < -0.4 is 5.32 Å². The Morgan fingerprint density at radius 3 is 2.08 bits per heavy atom. The van der Waals surface area contributed by atoms with Crippen molar-refractivity contribution in [1.82, 2.24) is 4.98 Å². The van der Waals surface area contributed by atoms with Crippen LogP contribution in [0, 0.1) is 6.92 Å². The fraction of sp³-hybridized carbons (Fsp3) is 0.0455. The topological polar surface area (TPSA) is 24.9 Å². The molecule has 0 fully saturated rings. The maximum absolute atomic E-state index is 4.91. The van der Waals surface area contributed by atoms with E-state index in [4.69, 9.17) is 4.98 Å². The van der Waals surface area contributed by atoms with E-state index in [1.165, 1.54) is 0 Å². The minimum absolute atomic E-state index is 1.00. The van der Waals surface area contributed by atoms with E-state index in [1.54, 1.807) is 0 Å². The second kappa shape index (κ2) is 6.17. The van der Waals surface area contributed by atoms with Crippen LogP contribution in [0.1, 0.15) is 5.56 Å². The summed E-state index contributed by atoms with van der Waals surface area (Å²) in [5, 5.41) is 4.72. The van der Waals surface area contributed by atoms with Gasteiger partial charge in [0.1, 0.15) is 0 Å². The SMILES string of the molecule is Cc1c(-c2ccccc2)nc2ccccc2c1Nc1ccccc1. The summed E-state index contributed by atoms with van der Waals surface area (Å²) < 4.78 is 0. The van der Waals surface area contributed by atoms with E-state index < -0.39 is 0 Å². The Balaban J connectivity index is 1.95. The van der Waals surface area contributed by atoms with Gasteiger partial charge in [0.05, 0.1) is 16.9 Å². The highest BCUT2D eigenvalue weighted by atomic mass is 14.9. The molecule has 0 aliphatic heterocycles. The van der Waals surface area contributed by atoms with Gasteiger partial charge in [0, 0.05) is 16.6 Å². The number of anilines is 2. The lowest BCUT2D eigenvalue weighted by molar-refractivity contribution is 1.32. The molecule has 0 unspecified atom stereocenters. The number of hydrogen-bond donors (Lipinski definition) is 1. The number of aromatic nitrogens is 1. The van der Waals surface area contributed by atoms with Crippen LogP contribution in [0.15, 0.2) is 84.9 Å². The number of pyridine rings is 1. The first-order chi connectivity index (χ1) is 11.8. The summed E-state index contributed by atoms with van der Waals surface area (Å²) in [5.74, 6) is 0. The third kappa shape index (κ3) is 2.63. The van der Waals surface area contributed by atoms with Crippen molar-refractivity contribution in [3.05, 3.63) is 90.5 Å². The molecule has 4 rings (SSSR count). The van der Waals surface area contributed by atoms with Gasteiger partial charge in [0.25, 0.3) is 0 Å². The monoisotopic (exact) mass is 310 g/mol. The fourth-order valence-corrected chi connectivity index (χ4v) is 3.01. The molecule has 2 heteroatoms. The smallest absolute Gasteiger partial charge is 0.0759 e. The number of fused-ring (bicyclic) bond motifs is 1. The predicted molar refractivity (Wildman–Crippen MR) is 102 cm³/mol. The van der Waals surface area contributed by atoms with Crippen molar-refractivity contribution in [3.63, 3.8) is 0 Å². The highest BCUT2D eigenvalue weighted by Gasteiger charge is 2.13.